The van der Waals surface area contributed by atoms with Crippen molar-refractivity contribution < 1.29 is 15.0 Å². The van der Waals surface area contributed by atoms with Gasteiger partial charge in [0.25, 0.3) is 0 Å². The van der Waals surface area contributed by atoms with Crippen molar-refractivity contribution >= 4 is 6.16 Å². The first kappa shape index (κ1) is 13.5. The molecular formula is C12H18N2O3. The van der Waals surface area contributed by atoms with Crippen LogP contribution in [0.4, 0.5) is 4.79 Å². The van der Waals surface area contributed by atoms with Crippen LogP contribution in [0, 0.1) is 6.92 Å². The summed E-state index contributed by atoms with van der Waals surface area (Å²) in [7, 11) is 0. The fourth-order valence-corrected chi connectivity index (χ4v) is 1.85. The SMILES string of the molecule is Cc1ccccc1C1CNCCN1.O=C(O)O. The van der Waals surface area contributed by atoms with Crippen molar-refractivity contribution in [2.75, 3.05) is 19.6 Å². The van der Waals surface area contributed by atoms with Crippen LogP contribution in [0.1, 0.15) is 17.2 Å². The Balaban J connectivity index is 0.000000317. The van der Waals surface area contributed by atoms with Gasteiger partial charge in [-0.2, -0.15) is 0 Å². The van der Waals surface area contributed by atoms with Crippen molar-refractivity contribution in [1.82, 2.24) is 10.6 Å². The number of aryl methyl sites for hydroxylation is 1. The van der Waals surface area contributed by atoms with Gasteiger partial charge in [-0.3, -0.25) is 0 Å². The highest BCUT2D eigenvalue weighted by atomic mass is 16.6. The van der Waals surface area contributed by atoms with Crippen LogP contribution >= 0.6 is 0 Å². The number of hydrogen-bond acceptors (Lipinski definition) is 3. The van der Waals surface area contributed by atoms with Crippen LogP contribution in [0.5, 0.6) is 0 Å². The minimum absolute atomic E-state index is 0.495. The molecule has 4 N–H and O–H groups in total. The van der Waals surface area contributed by atoms with Gasteiger partial charge in [0.15, 0.2) is 0 Å². The van der Waals surface area contributed by atoms with Crippen LogP contribution in [0.2, 0.25) is 0 Å². The van der Waals surface area contributed by atoms with Gasteiger partial charge >= 0.3 is 6.16 Å². The lowest BCUT2D eigenvalue weighted by Crippen LogP contribution is -2.42. The van der Waals surface area contributed by atoms with Crippen molar-refractivity contribution in [3.05, 3.63) is 35.4 Å². The highest BCUT2D eigenvalue weighted by Crippen LogP contribution is 2.17. The van der Waals surface area contributed by atoms with Gasteiger partial charge in [0, 0.05) is 25.7 Å². The highest BCUT2D eigenvalue weighted by molar-refractivity contribution is 5.53. The molecule has 0 aliphatic carbocycles. The monoisotopic (exact) mass is 238 g/mol. The summed E-state index contributed by atoms with van der Waals surface area (Å²) in [6, 6.07) is 9.08. The van der Waals surface area contributed by atoms with Crippen molar-refractivity contribution in [2.24, 2.45) is 0 Å². The molecule has 1 unspecified atom stereocenters. The first-order valence-corrected chi connectivity index (χ1v) is 5.52. The van der Waals surface area contributed by atoms with E-state index in [0.717, 1.165) is 19.6 Å². The normalized spacial score (nSPS) is 19.0. The lowest BCUT2D eigenvalue weighted by Gasteiger charge is -2.26. The van der Waals surface area contributed by atoms with E-state index < -0.39 is 6.16 Å². The van der Waals surface area contributed by atoms with Gasteiger partial charge in [0.2, 0.25) is 0 Å². The van der Waals surface area contributed by atoms with E-state index >= 15 is 0 Å². The van der Waals surface area contributed by atoms with Crippen molar-refractivity contribution in [3.8, 4) is 0 Å². The summed E-state index contributed by atoms with van der Waals surface area (Å²) >= 11 is 0. The van der Waals surface area contributed by atoms with Crippen molar-refractivity contribution in [2.45, 2.75) is 13.0 Å². The standard InChI is InChI=1S/C11H16N2.CH2O3/c1-9-4-2-3-5-10(9)11-8-12-6-7-13-11;2-1(3)4/h2-5,11-13H,6-8H2,1H3;(H2,2,3,4). The Labute approximate surface area is 100 Å². The fraction of sp³-hybridized carbons (Fsp3) is 0.417. The Kier molecular flexibility index (Phi) is 5.45. The third kappa shape index (κ3) is 4.84. The summed E-state index contributed by atoms with van der Waals surface area (Å²) in [5.41, 5.74) is 2.80. The van der Waals surface area contributed by atoms with E-state index in [-0.39, 0.29) is 0 Å². The van der Waals surface area contributed by atoms with Gasteiger partial charge < -0.3 is 20.8 Å². The molecule has 94 valence electrons. The van der Waals surface area contributed by atoms with Crippen LogP contribution in [0.15, 0.2) is 24.3 Å². The van der Waals surface area contributed by atoms with E-state index in [1.165, 1.54) is 11.1 Å². The van der Waals surface area contributed by atoms with Gasteiger partial charge in [-0.15, -0.1) is 0 Å². The molecule has 1 aliphatic heterocycles. The predicted molar refractivity (Wildman–Crippen MR) is 65.4 cm³/mol. The Bertz CT molecular complexity index is 359. The predicted octanol–water partition coefficient (Wildman–Crippen LogP) is 1.45. The van der Waals surface area contributed by atoms with Gasteiger partial charge in [-0.05, 0) is 18.1 Å². The number of nitrogens with one attached hydrogen (secondary N) is 2. The minimum atomic E-state index is -1.83. The Morgan fingerprint density at radius 1 is 1.29 bits per heavy atom. The van der Waals surface area contributed by atoms with E-state index in [4.69, 9.17) is 15.0 Å². The molecule has 0 radical (unpaired) electrons. The average Bonchev–Trinajstić information content (AvgIpc) is 2.30. The quantitative estimate of drug-likeness (QED) is 0.595. The van der Waals surface area contributed by atoms with E-state index in [1.807, 2.05) is 0 Å². The molecule has 1 aliphatic rings. The number of carboxylic acid groups (broad SMARTS) is 2. The number of benzene rings is 1. The van der Waals surface area contributed by atoms with Gasteiger partial charge in [0.1, 0.15) is 0 Å². The van der Waals surface area contributed by atoms with E-state index in [9.17, 15) is 0 Å². The van der Waals surface area contributed by atoms with Gasteiger partial charge in [-0.25, -0.2) is 4.79 Å². The first-order chi connectivity index (χ1) is 8.11. The molecule has 0 spiro atoms. The second-order valence-corrected chi connectivity index (χ2v) is 3.85. The summed E-state index contributed by atoms with van der Waals surface area (Å²) in [6.45, 7) is 5.37. The maximum absolute atomic E-state index is 8.56. The van der Waals surface area contributed by atoms with Gasteiger partial charge in [0.05, 0.1) is 0 Å². The molecule has 1 saturated heterocycles. The topological polar surface area (TPSA) is 81.6 Å². The molecule has 1 aromatic carbocycles. The van der Waals surface area contributed by atoms with E-state index in [2.05, 4.69) is 41.8 Å². The number of carbonyl (C=O) groups is 1. The molecule has 1 fully saturated rings. The molecule has 5 nitrogen and oxygen atoms in total. The molecule has 0 aromatic heterocycles. The number of hydrogen-bond donors (Lipinski definition) is 4. The third-order valence-corrected chi connectivity index (χ3v) is 2.60. The molecule has 1 aromatic rings. The van der Waals surface area contributed by atoms with E-state index in [1.54, 1.807) is 0 Å². The van der Waals surface area contributed by atoms with Crippen LogP contribution in [0.25, 0.3) is 0 Å². The van der Waals surface area contributed by atoms with Crippen LogP contribution in [-0.2, 0) is 0 Å². The van der Waals surface area contributed by atoms with Crippen molar-refractivity contribution in [1.29, 1.82) is 0 Å². The van der Waals surface area contributed by atoms with Crippen LogP contribution < -0.4 is 10.6 Å². The fourth-order valence-electron chi connectivity index (χ4n) is 1.85. The zero-order valence-corrected chi connectivity index (χ0v) is 9.81. The lowest BCUT2D eigenvalue weighted by molar-refractivity contribution is 0.137. The number of piperazine rings is 1. The molecule has 5 heteroatoms. The summed E-state index contributed by atoms with van der Waals surface area (Å²) in [5.74, 6) is 0. The second-order valence-electron chi connectivity index (χ2n) is 3.85. The summed E-state index contributed by atoms with van der Waals surface area (Å²) < 4.78 is 0. The summed E-state index contributed by atoms with van der Waals surface area (Å²) in [5, 5.41) is 20.9. The molecule has 0 bridgehead atoms. The van der Waals surface area contributed by atoms with E-state index in [0.29, 0.717) is 6.04 Å². The van der Waals surface area contributed by atoms with Crippen LogP contribution in [0.3, 0.4) is 0 Å². The number of rotatable bonds is 1. The van der Waals surface area contributed by atoms with Gasteiger partial charge in [-0.1, -0.05) is 24.3 Å². The van der Waals surface area contributed by atoms with Crippen molar-refractivity contribution in [3.63, 3.8) is 0 Å². The second kappa shape index (κ2) is 6.88. The molecule has 17 heavy (non-hydrogen) atoms. The summed E-state index contributed by atoms with van der Waals surface area (Å²) in [6.07, 6.45) is -1.83. The summed E-state index contributed by atoms with van der Waals surface area (Å²) in [4.78, 5) is 8.56. The molecule has 0 saturated carbocycles. The maximum Gasteiger partial charge on any atom is 0.503 e. The minimum Gasteiger partial charge on any atom is -0.450 e. The molecule has 1 heterocycles. The third-order valence-electron chi connectivity index (χ3n) is 2.60. The largest absolute Gasteiger partial charge is 0.503 e. The highest BCUT2D eigenvalue weighted by Gasteiger charge is 2.14. The molecule has 0 amide bonds. The Morgan fingerprint density at radius 3 is 2.47 bits per heavy atom. The molecular weight excluding hydrogens is 220 g/mol. The molecule has 2 rings (SSSR count). The zero-order chi connectivity index (χ0) is 12.7. The van der Waals surface area contributed by atoms with Crippen LogP contribution in [-0.4, -0.2) is 36.0 Å². The Hall–Kier alpha value is -1.59. The molecule has 1 atom stereocenters. The Morgan fingerprint density at radius 2 is 1.94 bits per heavy atom. The maximum atomic E-state index is 8.56. The smallest absolute Gasteiger partial charge is 0.450 e. The zero-order valence-electron chi connectivity index (χ0n) is 9.81. The average molecular weight is 238 g/mol. The first-order valence-electron chi connectivity index (χ1n) is 5.52. The lowest BCUT2D eigenvalue weighted by atomic mass is 10.0.